The molecular formula is C11H22O. The largest absolute Gasteiger partial charge is 0.393 e. The van der Waals surface area contributed by atoms with E-state index in [-0.39, 0.29) is 6.10 Å². The van der Waals surface area contributed by atoms with E-state index in [2.05, 4.69) is 19.1 Å². The van der Waals surface area contributed by atoms with Gasteiger partial charge >= 0.3 is 0 Å². The third-order valence-electron chi connectivity index (χ3n) is 1.87. The molecule has 0 aromatic rings. The molecule has 0 spiro atoms. The Morgan fingerprint density at radius 1 is 1.17 bits per heavy atom. The molecule has 0 aliphatic heterocycles. The summed E-state index contributed by atoms with van der Waals surface area (Å²) in [6.45, 7) is 4.05. The van der Waals surface area contributed by atoms with Crippen LogP contribution in [0.4, 0.5) is 0 Å². The van der Waals surface area contributed by atoms with Crippen molar-refractivity contribution in [3.8, 4) is 0 Å². The lowest BCUT2D eigenvalue weighted by molar-refractivity contribution is 0.198. The predicted octanol–water partition coefficient (Wildman–Crippen LogP) is 3.28. The highest BCUT2D eigenvalue weighted by molar-refractivity contribution is 4.82. The lowest BCUT2D eigenvalue weighted by Crippen LogP contribution is -1.95. The highest BCUT2D eigenvalue weighted by atomic mass is 16.3. The highest BCUT2D eigenvalue weighted by Crippen LogP contribution is 2.03. The van der Waals surface area contributed by atoms with Gasteiger partial charge in [0.1, 0.15) is 0 Å². The van der Waals surface area contributed by atoms with E-state index < -0.39 is 0 Å². The summed E-state index contributed by atoms with van der Waals surface area (Å²) >= 11 is 0. The number of unbranched alkanes of at least 4 members (excludes halogenated alkanes) is 4. The zero-order valence-electron chi connectivity index (χ0n) is 8.42. The Bertz CT molecular complexity index is 106. The van der Waals surface area contributed by atoms with E-state index in [1.807, 2.05) is 6.92 Å². The average molecular weight is 170 g/mol. The zero-order valence-corrected chi connectivity index (χ0v) is 8.42. The fourth-order valence-electron chi connectivity index (χ4n) is 1.10. The second-order valence-electron chi connectivity index (χ2n) is 3.41. The summed E-state index contributed by atoms with van der Waals surface area (Å²) in [5, 5.41) is 8.94. The first-order valence-electron chi connectivity index (χ1n) is 5.10. The molecule has 0 fully saturated rings. The maximum Gasteiger partial charge on any atom is 0.0546 e. The monoisotopic (exact) mass is 170 g/mol. The van der Waals surface area contributed by atoms with Crippen LogP contribution in [0.1, 0.15) is 52.4 Å². The van der Waals surface area contributed by atoms with E-state index in [9.17, 15) is 0 Å². The summed E-state index contributed by atoms with van der Waals surface area (Å²) < 4.78 is 0. The Balaban J connectivity index is 3.03. The maximum atomic E-state index is 8.94. The van der Waals surface area contributed by atoms with Crippen molar-refractivity contribution in [3.63, 3.8) is 0 Å². The molecule has 0 saturated carbocycles. The first-order valence-corrected chi connectivity index (χ1v) is 5.10. The predicted molar refractivity (Wildman–Crippen MR) is 54.2 cm³/mol. The second kappa shape index (κ2) is 8.79. The summed E-state index contributed by atoms with van der Waals surface area (Å²) in [5.74, 6) is 0. The molecule has 0 aliphatic carbocycles. The fraction of sp³-hybridized carbons (Fsp3) is 0.818. The van der Waals surface area contributed by atoms with Crippen LogP contribution in [-0.4, -0.2) is 11.2 Å². The van der Waals surface area contributed by atoms with Gasteiger partial charge in [-0.3, -0.25) is 0 Å². The third kappa shape index (κ3) is 9.70. The van der Waals surface area contributed by atoms with Gasteiger partial charge in [0.15, 0.2) is 0 Å². The molecule has 12 heavy (non-hydrogen) atoms. The van der Waals surface area contributed by atoms with Gasteiger partial charge in [0.05, 0.1) is 6.10 Å². The number of aliphatic hydroxyl groups excluding tert-OH is 1. The van der Waals surface area contributed by atoms with Crippen molar-refractivity contribution in [2.75, 3.05) is 0 Å². The Morgan fingerprint density at radius 3 is 2.50 bits per heavy atom. The van der Waals surface area contributed by atoms with Crippen molar-refractivity contribution < 1.29 is 5.11 Å². The summed E-state index contributed by atoms with van der Waals surface area (Å²) in [4.78, 5) is 0. The molecule has 0 bridgehead atoms. The zero-order chi connectivity index (χ0) is 9.23. The van der Waals surface area contributed by atoms with Crippen molar-refractivity contribution in [1.82, 2.24) is 0 Å². The van der Waals surface area contributed by atoms with Crippen molar-refractivity contribution in [1.29, 1.82) is 0 Å². The van der Waals surface area contributed by atoms with Crippen molar-refractivity contribution in [3.05, 3.63) is 12.2 Å². The SMILES string of the molecule is CCCCCC/C=C\CC(C)O. The van der Waals surface area contributed by atoms with Crippen molar-refractivity contribution in [2.45, 2.75) is 58.5 Å². The van der Waals surface area contributed by atoms with Gasteiger partial charge < -0.3 is 5.11 Å². The first-order chi connectivity index (χ1) is 5.77. The van der Waals surface area contributed by atoms with Crippen molar-refractivity contribution in [2.24, 2.45) is 0 Å². The summed E-state index contributed by atoms with van der Waals surface area (Å²) in [6.07, 6.45) is 11.3. The molecule has 0 heterocycles. The molecule has 0 aromatic carbocycles. The van der Waals surface area contributed by atoms with Gasteiger partial charge in [-0.05, 0) is 26.2 Å². The van der Waals surface area contributed by atoms with Crippen LogP contribution in [0.2, 0.25) is 0 Å². The van der Waals surface area contributed by atoms with Crippen LogP contribution >= 0.6 is 0 Å². The smallest absolute Gasteiger partial charge is 0.0546 e. The van der Waals surface area contributed by atoms with Gasteiger partial charge in [-0.25, -0.2) is 0 Å². The highest BCUT2D eigenvalue weighted by Gasteiger charge is 1.88. The molecule has 0 aromatic heterocycles. The number of rotatable bonds is 7. The number of allylic oxidation sites excluding steroid dienone is 1. The Kier molecular flexibility index (Phi) is 8.57. The number of hydrogen-bond acceptors (Lipinski definition) is 1. The molecule has 0 saturated heterocycles. The van der Waals surface area contributed by atoms with E-state index in [1.54, 1.807) is 0 Å². The molecule has 0 rings (SSSR count). The molecular weight excluding hydrogens is 148 g/mol. The van der Waals surface area contributed by atoms with Crippen LogP contribution in [0.3, 0.4) is 0 Å². The Hall–Kier alpha value is -0.300. The summed E-state index contributed by atoms with van der Waals surface area (Å²) in [5.41, 5.74) is 0. The summed E-state index contributed by atoms with van der Waals surface area (Å²) in [7, 11) is 0. The normalized spacial score (nSPS) is 13.9. The van der Waals surface area contributed by atoms with Gasteiger partial charge in [-0.15, -0.1) is 0 Å². The Morgan fingerprint density at radius 2 is 1.92 bits per heavy atom. The van der Waals surface area contributed by atoms with Gasteiger partial charge in [-0.2, -0.15) is 0 Å². The van der Waals surface area contributed by atoms with Crippen molar-refractivity contribution >= 4 is 0 Å². The lowest BCUT2D eigenvalue weighted by atomic mass is 10.1. The molecule has 0 amide bonds. The van der Waals surface area contributed by atoms with E-state index in [4.69, 9.17) is 5.11 Å². The first kappa shape index (κ1) is 11.7. The summed E-state index contributed by atoms with van der Waals surface area (Å²) in [6, 6.07) is 0. The van der Waals surface area contributed by atoms with Crippen LogP contribution < -0.4 is 0 Å². The van der Waals surface area contributed by atoms with E-state index in [0.717, 1.165) is 6.42 Å². The minimum Gasteiger partial charge on any atom is -0.393 e. The van der Waals surface area contributed by atoms with Crippen LogP contribution in [0, 0.1) is 0 Å². The second-order valence-corrected chi connectivity index (χ2v) is 3.41. The third-order valence-corrected chi connectivity index (χ3v) is 1.87. The molecule has 72 valence electrons. The molecule has 1 heteroatoms. The molecule has 1 unspecified atom stereocenters. The van der Waals surface area contributed by atoms with Crippen LogP contribution in [0.5, 0.6) is 0 Å². The van der Waals surface area contributed by atoms with Crippen LogP contribution in [-0.2, 0) is 0 Å². The maximum absolute atomic E-state index is 8.94. The molecule has 0 aliphatic rings. The van der Waals surface area contributed by atoms with Crippen LogP contribution in [0.15, 0.2) is 12.2 Å². The van der Waals surface area contributed by atoms with E-state index >= 15 is 0 Å². The standard InChI is InChI=1S/C11H22O/c1-3-4-5-6-7-8-9-10-11(2)12/h8-9,11-12H,3-7,10H2,1-2H3/b9-8-. The Labute approximate surface area is 76.5 Å². The number of aliphatic hydroxyl groups is 1. The minimum absolute atomic E-state index is 0.183. The lowest BCUT2D eigenvalue weighted by Gasteiger charge is -1.97. The van der Waals surface area contributed by atoms with Gasteiger partial charge in [0.2, 0.25) is 0 Å². The van der Waals surface area contributed by atoms with Gasteiger partial charge in [-0.1, -0.05) is 38.3 Å². The average Bonchev–Trinajstić information content (AvgIpc) is 2.02. The molecule has 1 nitrogen and oxygen atoms in total. The van der Waals surface area contributed by atoms with E-state index in [1.165, 1.54) is 32.1 Å². The molecule has 1 atom stereocenters. The molecule has 0 radical (unpaired) electrons. The topological polar surface area (TPSA) is 20.2 Å². The van der Waals surface area contributed by atoms with Gasteiger partial charge in [0.25, 0.3) is 0 Å². The number of hydrogen-bond donors (Lipinski definition) is 1. The van der Waals surface area contributed by atoms with Crippen LogP contribution in [0.25, 0.3) is 0 Å². The minimum atomic E-state index is -0.183. The van der Waals surface area contributed by atoms with E-state index in [0.29, 0.717) is 0 Å². The fourth-order valence-corrected chi connectivity index (χ4v) is 1.10. The van der Waals surface area contributed by atoms with Gasteiger partial charge in [0, 0.05) is 0 Å². The molecule has 1 N–H and O–H groups in total. The quantitative estimate of drug-likeness (QED) is 0.459.